The lowest BCUT2D eigenvalue weighted by Crippen LogP contribution is -2.27. The molecule has 0 atom stereocenters. The van der Waals surface area contributed by atoms with E-state index in [0.29, 0.717) is 5.56 Å². The Labute approximate surface area is 144 Å². The van der Waals surface area contributed by atoms with Gasteiger partial charge >= 0.3 is 6.09 Å². The zero-order valence-electron chi connectivity index (χ0n) is 14.1. The molecule has 0 aliphatic heterocycles. The predicted octanol–water partition coefficient (Wildman–Crippen LogP) is 4.13. The molecular weight excluding hydrogens is 330 g/mol. The third-order valence-corrected chi connectivity index (χ3v) is 3.06. The lowest BCUT2D eigenvalue weighted by molar-refractivity contribution is 0.0635. The Morgan fingerprint density at radius 1 is 1.12 bits per heavy atom. The van der Waals surface area contributed by atoms with Gasteiger partial charge in [0, 0.05) is 18.2 Å². The zero-order valence-corrected chi connectivity index (χ0v) is 14.1. The van der Waals surface area contributed by atoms with Crippen LogP contribution in [-0.2, 0) is 11.2 Å². The molecule has 25 heavy (non-hydrogen) atoms. The van der Waals surface area contributed by atoms with Gasteiger partial charge in [0.05, 0.1) is 0 Å². The number of pyridine rings is 1. The molecule has 1 amide bonds. The van der Waals surface area contributed by atoms with Crippen LogP contribution in [0.25, 0.3) is 0 Å². The molecule has 0 aliphatic carbocycles. The number of anilines is 1. The van der Waals surface area contributed by atoms with E-state index in [1.54, 1.807) is 26.8 Å². The molecule has 2 aromatic rings. The average Bonchev–Trinajstić information content (AvgIpc) is 2.48. The fraction of sp³-hybridized carbons (Fsp3) is 0.278. The summed E-state index contributed by atoms with van der Waals surface area (Å²) in [5.74, 6) is -2.24. The van der Waals surface area contributed by atoms with E-state index in [9.17, 15) is 18.4 Å². The number of aromatic nitrogens is 1. The summed E-state index contributed by atoms with van der Waals surface area (Å²) in [6.07, 6.45) is 0.723. The van der Waals surface area contributed by atoms with Gasteiger partial charge in [0.15, 0.2) is 17.4 Å². The van der Waals surface area contributed by atoms with Gasteiger partial charge in [-0.15, -0.1) is 0 Å². The summed E-state index contributed by atoms with van der Waals surface area (Å²) in [4.78, 5) is 27.9. The number of Topliss-reactive ketones (excluding diaryl/α,β-unsaturated/α-hetero) is 1. The van der Waals surface area contributed by atoms with E-state index in [-0.39, 0.29) is 23.6 Å². The van der Waals surface area contributed by atoms with E-state index in [1.165, 1.54) is 18.3 Å². The van der Waals surface area contributed by atoms with E-state index in [1.807, 2.05) is 0 Å². The van der Waals surface area contributed by atoms with Crippen molar-refractivity contribution in [1.29, 1.82) is 0 Å². The van der Waals surface area contributed by atoms with Gasteiger partial charge in [0.25, 0.3) is 0 Å². The van der Waals surface area contributed by atoms with Crippen molar-refractivity contribution in [1.82, 2.24) is 4.98 Å². The highest BCUT2D eigenvalue weighted by Gasteiger charge is 2.17. The number of ketones is 1. The number of ether oxygens (including phenoxy) is 1. The number of nitrogens with one attached hydrogen (secondary N) is 1. The van der Waals surface area contributed by atoms with E-state index < -0.39 is 23.3 Å². The molecule has 0 saturated carbocycles. The maximum absolute atomic E-state index is 13.2. The highest BCUT2D eigenvalue weighted by atomic mass is 19.2. The van der Waals surface area contributed by atoms with E-state index in [2.05, 4.69) is 10.3 Å². The van der Waals surface area contributed by atoms with Crippen molar-refractivity contribution in [2.45, 2.75) is 32.8 Å². The van der Waals surface area contributed by atoms with Gasteiger partial charge < -0.3 is 4.74 Å². The number of hydrogen-bond acceptors (Lipinski definition) is 4. The molecule has 1 heterocycles. The van der Waals surface area contributed by atoms with Crippen LogP contribution in [0, 0.1) is 11.6 Å². The predicted molar refractivity (Wildman–Crippen MR) is 88.5 cm³/mol. The van der Waals surface area contributed by atoms with Crippen LogP contribution in [0.1, 0.15) is 36.7 Å². The quantitative estimate of drug-likeness (QED) is 0.844. The summed E-state index contributed by atoms with van der Waals surface area (Å²) in [5.41, 5.74) is -0.0159. The molecule has 2 rings (SSSR count). The van der Waals surface area contributed by atoms with E-state index >= 15 is 0 Å². The first-order chi connectivity index (χ1) is 11.6. The topological polar surface area (TPSA) is 68.3 Å². The number of halogens is 2. The molecule has 0 radical (unpaired) electrons. The number of carbonyl (C=O) groups excluding carboxylic acids is 2. The van der Waals surface area contributed by atoms with Crippen molar-refractivity contribution in [3.05, 3.63) is 59.3 Å². The first-order valence-electron chi connectivity index (χ1n) is 7.57. The van der Waals surface area contributed by atoms with Crippen molar-refractivity contribution >= 4 is 17.7 Å². The van der Waals surface area contributed by atoms with Crippen molar-refractivity contribution in [3.8, 4) is 0 Å². The average molecular weight is 348 g/mol. The number of benzene rings is 1. The van der Waals surface area contributed by atoms with Crippen LogP contribution in [0.3, 0.4) is 0 Å². The largest absolute Gasteiger partial charge is 0.444 e. The summed E-state index contributed by atoms with van der Waals surface area (Å²) < 4.78 is 31.3. The fourth-order valence-corrected chi connectivity index (χ4v) is 2.02. The van der Waals surface area contributed by atoms with E-state index in [4.69, 9.17) is 4.74 Å². The summed E-state index contributed by atoms with van der Waals surface area (Å²) >= 11 is 0. The molecule has 0 fully saturated rings. The summed E-state index contributed by atoms with van der Waals surface area (Å²) in [7, 11) is 0. The minimum Gasteiger partial charge on any atom is -0.444 e. The Kier molecular flexibility index (Phi) is 5.46. The van der Waals surface area contributed by atoms with Gasteiger partial charge in [0.2, 0.25) is 0 Å². The first kappa shape index (κ1) is 18.5. The SMILES string of the molecule is CC(C)(C)OC(=O)Nc1cc(CC(=O)c2ccc(F)c(F)c2)ccn1. The number of amides is 1. The monoisotopic (exact) mass is 348 g/mol. The van der Waals surface area contributed by atoms with Gasteiger partial charge in [-0.05, 0) is 56.7 Å². The highest BCUT2D eigenvalue weighted by Crippen LogP contribution is 2.15. The van der Waals surface area contributed by atoms with Gasteiger partial charge in [-0.3, -0.25) is 10.1 Å². The number of carbonyl (C=O) groups is 2. The second-order valence-corrected chi connectivity index (χ2v) is 6.41. The highest BCUT2D eigenvalue weighted by molar-refractivity contribution is 5.97. The molecule has 7 heteroatoms. The second kappa shape index (κ2) is 7.38. The third-order valence-electron chi connectivity index (χ3n) is 3.06. The van der Waals surface area contributed by atoms with Gasteiger partial charge in [0.1, 0.15) is 11.4 Å². The standard InChI is InChI=1S/C18H18F2N2O3/c1-18(2,3)25-17(24)22-16-9-11(6-7-21-16)8-15(23)12-4-5-13(19)14(20)10-12/h4-7,9-10H,8H2,1-3H3,(H,21,22,24). The molecule has 1 N–H and O–H groups in total. The lowest BCUT2D eigenvalue weighted by Gasteiger charge is -2.19. The molecule has 5 nitrogen and oxygen atoms in total. The Bertz CT molecular complexity index is 801. The second-order valence-electron chi connectivity index (χ2n) is 6.41. The minimum atomic E-state index is -1.08. The van der Waals surface area contributed by atoms with Crippen LogP contribution < -0.4 is 5.32 Å². The van der Waals surface area contributed by atoms with Crippen LogP contribution in [-0.4, -0.2) is 22.5 Å². The minimum absolute atomic E-state index is 0.0450. The smallest absolute Gasteiger partial charge is 0.413 e. The zero-order chi connectivity index (χ0) is 18.6. The summed E-state index contributed by atoms with van der Waals surface area (Å²) in [6.45, 7) is 5.20. The summed E-state index contributed by atoms with van der Waals surface area (Å²) in [6, 6.07) is 6.10. The van der Waals surface area contributed by atoms with Crippen LogP contribution in [0.5, 0.6) is 0 Å². The Morgan fingerprint density at radius 3 is 2.48 bits per heavy atom. The van der Waals surface area contributed by atoms with Crippen LogP contribution in [0.4, 0.5) is 19.4 Å². The Hall–Kier alpha value is -2.83. The molecule has 0 unspecified atom stereocenters. The van der Waals surface area contributed by atoms with Crippen LogP contribution >= 0.6 is 0 Å². The van der Waals surface area contributed by atoms with Crippen molar-refractivity contribution in [2.75, 3.05) is 5.32 Å². The Morgan fingerprint density at radius 2 is 1.84 bits per heavy atom. The van der Waals surface area contributed by atoms with Crippen molar-refractivity contribution in [3.63, 3.8) is 0 Å². The summed E-state index contributed by atoms with van der Waals surface area (Å²) in [5, 5.41) is 2.48. The molecule has 0 bridgehead atoms. The normalized spacial score (nSPS) is 11.1. The molecule has 132 valence electrons. The fourth-order valence-electron chi connectivity index (χ4n) is 2.02. The third kappa shape index (κ3) is 5.63. The molecule has 0 saturated heterocycles. The molecule has 1 aromatic carbocycles. The maximum Gasteiger partial charge on any atom is 0.413 e. The molecule has 1 aromatic heterocycles. The van der Waals surface area contributed by atoms with Crippen molar-refractivity contribution < 1.29 is 23.1 Å². The number of rotatable bonds is 4. The van der Waals surface area contributed by atoms with Gasteiger partial charge in [-0.2, -0.15) is 0 Å². The maximum atomic E-state index is 13.2. The number of hydrogen-bond donors (Lipinski definition) is 1. The molecule has 0 spiro atoms. The van der Waals surface area contributed by atoms with Gasteiger partial charge in [-0.1, -0.05) is 0 Å². The molecule has 0 aliphatic rings. The van der Waals surface area contributed by atoms with E-state index in [0.717, 1.165) is 12.1 Å². The number of nitrogens with zero attached hydrogens (tertiary/aromatic N) is 1. The Balaban J connectivity index is 2.07. The van der Waals surface area contributed by atoms with Crippen LogP contribution in [0.2, 0.25) is 0 Å². The van der Waals surface area contributed by atoms with Gasteiger partial charge in [-0.25, -0.2) is 18.6 Å². The molecular formula is C18H18F2N2O3. The van der Waals surface area contributed by atoms with Crippen LogP contribution in [0.15, 0.2) is 36.5 Å². The lowest BCUT2D eigenvalue weighted by atomic mass is 10.0. The van der Waals surface area contributed by atoms with Crippen molar-refractivity contribution in [2.24, 2.45) is 0 Å². The first-order valence-corrected chi connectivity index (χ1v) is 7.57.